The van der Waals surface area contributed by atoms with Crippen molar-refractivity contribution in [3.05, 3.63) is 102 Å². The van der Waals surface area contributed by atoms with Crippen LogP contribution in [0.25, 0.3) is 11.1 Å². The molecule has 1 N–H and O–H groups in total. The molecule has 3 aromatic carbocycles. The van der Waals surface area contributed by atoms with Crippen LogP contribution in [0.2, 0.25) is 0 Å². The van der Waals surface area contributed by atoms with Gasteiger partial charge >= 0.3 is 0 Å². The summed E-state index contributed by atoms with van der Waals surface area (Å²) in [4.78, 5) is 14.9. The number of fused-ring (bicyclic) bond motifs is 1. The smallest absolute Gasteiger partial charge is 0.258 e. The standard InChI is InChI=1S/C29H31N5O2/c1-22(30-28(35)21-36-26-10-6-3-7-11-26)29-32-31-27-16-17-33(18-19-34(27)29)20-23-12-14-25(15-13-23)24-8-4-2-5-9-24/h2-15,22H,16-21H2,1H3,(H,30,35)/t22-/m1/s1. The number of nitrogens with one attached hydrogen (secondary N) is 1. The van der Waals surface area contributed by atoms with E-state index in [0.717, 1.165) is 44.2 Å². The van der Waals surface area contributed by atoms with Gasteiger partial charge in [0.15, 0.2) is 12.4 Å². The molecule has 0 fully saturated rings. The van der Waals surface area contributed by atoms with Crippen molar-refractivity contribution >= 4 is 5.91 Å². The molecule has 1 aromatic heterocycles. The van der Waals surface area contributed by atoms with Gasteiger partial charge in [0.05, 0.1) is 6.04 Å². The summed E-state index contributed by atoms with van der Waals surface area (Å²) in [7, 11) is 0. The number of aromatic nitrogens is 3. The second-order valence-corrected chi connectivity index (χ2v) is 9.11. The van der Waals surface area contributed by atoms with Crippen LogP contribution in [0.1, 0.15) is 30.2 Å². The van der Waals surface area contributed by atoms with E-state index >= 15 is 0 Å². The summed E-state index contributed by atoms with van der Waals surface area (Å²) in [6.45, 7) is 5.41. The fourth-order valence-electron chi connectivity index (χ4n) is 4.57. The topological polar surface area (TPSA) is 72.3 Å². The summed E-state index contributed by atoms with van der Waals surface area (Å²) >= 11 is 0. The number of carbonyl (C=O) groups is 1. The van der Waals surface area contributed by atoms with E-state index in [4.69, 9.17) is 4.74 Å². The van der Waals surface area contributed by atoms with E-state index in [2.05, 4.69) is 73.5 Å². The fraction of sp³-hybridized carbons (Fsp3) is 0.276. The zero-order chi connectivity index (χ0) is 24.7. The lowest BCUT2D eigenvalue weighted by Crippen LogP contribution is -2.33. The molecule has 0 bridgehead atoms. The molecule has 7 heteroatoms. The average molecular weight is 482 g/mol. The van der Waals surface area contributed by atoms with Crippen molar-refractivity contribution in [2.75, 3.05) is 19.7 Å². The van der Waals surface area contributed by atoms with Crippen molar-refractivity contribution in [1.82, 2.24) is 25.0 Å². The summed E-state index contributed by atoms with van der Waals surface area (Å²) in [5.74, 6) is 2.24. The highest BCUT2D eigenvalue weighted by molar-refractivity contribution is 5.77. The lowest BCUT2D eigenvalue weighted by molar-refractivity contribution is -0.123. The molecule has 1 atom stereocenters. The van der Waals surface area contributed by atoms with E-state index in [1.54, 1.807) is 0 Å². The van der Waals surface area contributed by atoms with Crippen LogP contribution in [-0.4, -0.2) is 45.3 Å². The van der Waals surface area contributed by atoms with E-state index in [1.807, 2.05) is 43.3 Å². The maximum absolute atomic E-state index is 12.4. The van der Waals surface area contributed by atoms with Crippen LogP contribution in [0.15, 0.2) is 84.9 Å². The number of carbonyl (C=O) groups excluding carboxylic acids is 1. The summed E-state index contributed by atoms with van der Waals surface area (Å²) in [5.41, 5.74) is 3.76. The molecule has 0 saturated carbocycles. The molecule has 5 rings (SSSR count). The van der Waals surface area contributed by atoms with Crippen LogP contribution >= 0.6 is 0 Å². The van der Waals surface area contributed by atoms with Crippen molar-refractivity contribution < 1.29 is 9.53 Å². The largest absolute Gasteiger partial charge is 0.484 e. The minimum absolute atomic E-state index is 0.0355. The third-order valence-corrected chi connectivity index (χ3v) is 6.49. The molecule has 0 aliphatic carbocycles. The molecule has 0 saturated heterocycles. The Hall–Kier alpha value is -3.97. The number of rotatable bonds is 8. The Morgan fingerprint density at radius 1 is 0.889 bits per heavy atom. The first-order chi connectivity index (χ1) is 17.7. The number of ether oxygens (including phenoxy) is 1. The number of para-hydroxylation sites is 1. The van der Waals surface area contributed by atoms with Gasteiger partial charge in [0.25, 0.3) is 5.91 Å². The Kier molecular flexibility index (Phi) is 7.38. The third-order valence-electron chi connectivity index (χ3n) is 6.49. The maximum Gasteiger partial charge on any atom is 0.258 e. The van der Waals surface area contributed by atoms with E-state index in [-0.39, 0.29) is 18.6 Å². The van der Waals surface area contributed by atoms with Gasteiger partial charge in [-0.2, -0.15) is 0 Å². The highest BCUT2D eigenvalue weighted by Gasteiger charge is 2.23. The Labute approximate surface area is 211 Å². The van der Waals surface area contributed by atoms with Crippen molar-refractivity contribution in [3.8, 4) is 16.9 Å². The second-order valence-electron chi connectivity index (χ2n) is 9.11. The molecule has 36 heavy (non-hydrogen) atoms. The molecule has 0 unspecified atom stereocenters. The minimum Gasteiger partial charge on any atom is -0.484 e. The van der Waals surface area contributed by atoms with Gasteiger partial charge in [-0.1, -0.05) is 72.8 Å². The summed E-state index contributed by atoms with van der Waals surface area (Å²) in [6.07, 6.45) is 0.826. The zero-order valence-corrected chi connectivity index (χ0v) is 20.5. The molecule has 2 heterocycles. The number of hydrogen-bond donors (Lipinski definition) is 1. The van der Waals surface area contributed by atoms with Gasteiger partial charge in [0, 0.05) is 32.6 Å². The normalized spacial score (nSPS) is 14.5. The Morgan fingerprint density at radius 3 is 2.33 bits per heavy atom. The minimum atomic E-state index is -0.254. The molecular weight excluding hydrogens is 450 g/mol. The number of amides is 1. The molecular formula is C29H31N5O2. The number of hydrogen-bond acceptors (Lipinski definition) is 5. The lowest BCUT2D eigenvalue weighted by Gasteiger charge is -2.20. The van der Waals surface area contributed by atoms with Gasteiger partial charge in [0.2, 0.25) is 0 Å². The molecule has 1 aliphatic heterocycles. The first-order valence-corrected chi connectivity index (χ1v) is 12.4. The summed E-state index contributed by atoms with van der Waals surface area (Å²) < 4.78 is 7.71. The van der Waals surface area contributed by atoms with Crippen LogP contribution < -0.4 is 10.1 Å². The molecule has 0 radical (unpaired) electrons. The van der Waals surface area contributed by atoms with E-state index < -0.39 is 0 Å². The van der Waals surface area contributed by atoms with Crippen molar-refractivity contribution in [3.63, 3.8) is 0 Å². The zero-order valence-electron chi connectivity index (χ0n) is 20.5. The van der Waals surface area contributed by atoms with Gasteiger partial charge in [-0.25, -0.2) is 0 Å². The molecule has 1 aliphatic rings. The van der Waals surface area contributed by atoms with Crippen LogP contribution in [0.4, 0.5) is 0 Å². The number of nitrogens with zero attached hydrogens (tertiary/aromatic N) is 4. The SMILES string of the molecule is C[C@@H](NC(=O)COc1ccccc1)c1nnc2n1CCN(Cc1ccc(-c3ccccc3)cc1)CC2. The summed E-state index contributed by atoms with van der Waals surface area (Å²) in [5, 5.41) is 11.8. The Balaban J connectivity index is 1.16. The fourth-order valence-corrected chi connectivity index (χ4v) is 4.57. The Bertz CT molecular complexity index is 1270. The summed E-state index contributed by atoms with van der Waals surface area (Å²) in [6, 6.07) is 28.3. The average Bonchev–Trinajstić information content (AvgIpc) is 3.23. The van der Waals surface area contributed by atoms with Crippen LogP contribution in [0.5, 0.6) is 5.75 Å². The highest BCUT2D eigenvalue weighted by Crippen LogP contribution is 2.21. The first kappa shape index (κ1) is 23.8. The first-order valence-electron chi connectivity index (χ1n) is 12.4. The van der Waals surface area contributed by atoms with Crippen LogP contribution in [0.3, 0.4) is 0 Å². The monoisotopic (exact) mass is 481 g/mol. The van der Waals surface area contributed by atoms with Gasteiger partial charge < -0.3 is 14.6 Å². The van der Waals surface area contributed by atoms with Gasteiger partial charge in [-0.15, -0.1) is 10.2 Å². The molecule has 7 nitrogen and oxygen atoms in total. The highest BCUT2D eigenvalue weighted by atomic mass is 16.5. The Morgan fingerprint density at radius 2 is 1.58 bits per heavy atom. The van der Waals surface area contributed by atoms with Gasteiger partial charge in [-0.3, -0.25) is 9.69 Å². The quantitative estimate of drug-likeness (QED) is 0.407. The maximum atomic E-state index is 12.4. The van der Waals surface area contributed by atoms with Crippen molar-refractivity contribution in [2.45, 2.75) is 32.5 Å². The third kappa shape index (κ3) is 5.80. The lowest BCUT2D eigenvalue weighted by atomic mass is 10.0. The van der Waals surface area contributed by atoms with Gasteiger partial charge in [0.1, 0.15) is 11.6 Å². The molecule has 0 spiro atoms. The molecule has 1 amide bonds. The predicted octanol–water partition coefficient (Wildman–Crippen LogP) is 4.26. The van der Waals surface area contributed by atoms with Crippen LogP contribution in [0, 0.1) is 0 Å². The van der Waals surface area contributed by atoms with Gasteiger partial charge in [-0.05, 0) is 35.7 Å². The van der Waals surface area contributed by atoms with E-state index in [1.165, 1.54) is 16.7 Å². The molecule has 4 aromatic rings. The molecule has 184 valence electrons. The predicted molar refractivity (Wildman–Crippen MR) is 139 cm³/mol. The van der Waals surface area contributed by atoms with Crippen LogP contribution in [-0.2, 0) is 24.3 Å². The van der Waals surface area contributed by atoms with Crippen molar-refractivity contribution in [1.29, 1.82) is 0 Å². The number of benzene rings is 3. The second kappa shape index (κ2) is 11.2. The van der Waals surface area contributed by atoms with Crippen molar-refractivity contribution in [2.24, 2.45) is 0 Å². The van der Waals surface area contributed by atoms with E-state index in [0.29, 0.717) is 5.75 Å². The van der Waals surface area contributed by atoms with E-state index in [9.17, 15) is 4.79 Å².